The van der Waals surface area contributed by atoms with E-state index in [1.54, 1.807) is 0 Å². The zero-order valence-corrected chi connectivity index (χ0v) is 7.51. The van der Waals surface area contributed by atoms with Crippen LogP contribution < -0.4 is 0 Å². The van der Waals surface area contributed by atoms with Gasteiger partial charge in [-0.3, -0.25) is 0 Å². The highest BCUT2D eigenvalue weighted by atomic mass is 16.5. The van der Waals surface area contributed by atoms with E-state index in [-0.39, 0.29) is 0 Å². The van der Waals surface area contributed by atoms with Gasteiger partial charge in [-0.15, -0.1) is 0 Å². The molecular weight excluding hydrogens is 164 g/mol. The van der Waals surface area contributed by atoms with E-state index >= 15 is 0 Å². The number of ether oxygens (including phenoxy) is 2. The summed E-state index contributed by atoms with van der Waals surface area (Å²) in [6.07, 6.45) is 1.06. The molecule has 2 heterocycles. The van der Waals surface area contributed by atoms with E-state index in [0.717, 1.165) is 32.8 Å². The van der Waals surface area contributed by atoms with E-state index in [4.69, 9.17) is 9.47 Å². The second-order valence-electron chi connectivity index (χ2n) is 3.64. The maximum Gasteiger partial charge on any atom is 0.0728 e. The van der Waals surface area contributed by atoms with Crippen molar-refractivity contribution >= 4 is 0 Å². The second kappa shape index (κ2) is 2.82. The van der Waals surface area contributed by atoms with E-state index in [9.17, 15) is 0 Å². The van der Waals surface area contributed by atoms with Crippen molar-refractivity contribution in [2.45, 2.75) is 26.2 Å². The van der Waals surface area contributed by atoms with Crippen LogP contribution in [0.15, 0.2) is 12.1 Å². The molecule has 0 bridgehead atoms. The Bertz CT molecular complexity index is 344. The van der Waals surface area contributed by atoms with Crippen LogP contribution in [0.4, 0.5) is 0 Å². The number of hydrogen-bond acceptors (Lipinski definition) is 2. The highest BCUT2D eigenvalue weighted by molar-refractivity contribution is 5.42. The fourth-order valence-corrected chi connectivity index (χ4v) is 2.14. The van der Waals surface area contributed by atoms with Crippen LogP contribution in [0.5, 0.6) is 0 Å². The quantitative estimate of drug-likeness (QED) is 0.600. The molecule has 0 aliphatic carbocycles. The summed E-state index contributed by atoms with van der Waals surface area (Å²) in [7, 11) is 0. The van der Waals surface area contributed by atoms with Crippen LogP contribution in [0.3, 0.4) is 0 Å². The third kappa shape index (κ3) is 1.10. The zero-order valence-electron chi connectivity index (χ0n) is 7.51. The van der Waals surface area contributed by atoms with Gasteiger partial charge in [-0.1, -0.05) is 12.1 Å². The molecular formula is C11H12O2. The standard InChI is InChI=1S/C11H12O2/c1-2-9-5-13-7-11(9)10-6-12-4-3-8(1)10/h1-2H,3-7H2. The van der Waals surface area contributed by atoms with E-state index in [1.165, 1.54) is 22.3 Å². The summed E-state index contributed by atoms with van der Waals surface area (Å²) in [5.41, 5.74) is 5.58. The van der Waals surface area contributed by atoms with Crippen molar-refractivity contribution in [1.82, 2.24) is 0 Å². The largest absolute Gasteiger partial charge is 0.376 e. The third-order valence-electron chi connectivity index (χ3n) is 2.89. The minimum Gasteiger partial charge on any atom is -0.376 e. The van der Waals surface area contributed by atoms with E-state index in [1.807, 2.05) is 0 Å². The Morgan fingerprint density at radius 2 is 1.62 bits per heavy atom. The lowest BCUT2D eigenvalue weighted by Crippen LogP contribution is -2.12. The van der Waals surface area contributed by atoms with Crippen molar-refractivity contribution in [3.05, 3.63) is 34.4 Å². The van der Waals surface area contributed by atoms with Crippen molar-refractivity contribution in [3.8, 4) is 0 Å². The molecule has 0 fully saturated rings. The summed E-state index contributed by atoms with van der Waals surface area (Å²) in [6.45, 7) is 3.21. The molecule has 1 aromatic carbocycles. The first-order valence-corrected chi connectivity index (χ1v) is 4.73. The highest BCUT2D eigenvalue weighted by Crippen LogP contribution is 2.29. The molecule has 2 nitrogen and oxygen atoms in total. The summed E-state index contributed by atoms with van der Waals surface area (Å²) >= 11 is 0. The molecule has 3 rings (SSSR count). The first-order valence-electron chi connectivity index (χ1n) is 4.73. The number of rotatable bonds is 0. The molecule has 2 aliphatic heterocycles. The summed E-state index contributed by atoms with van der Waals surface area (Å²) in [5.74, 6) is 0. The van der Waals surface area contributed by atoms with Gasteiger partial charge in [0.15, 0.2) is 0 Å². The molecule has 0 N–H and O–H groups in total. The molecule has 0 radical (unpaired) electrons. The van der Waals surface area contributed by atoms with Gasteiger partial charge in [-0.2, -0.15) is 0 Å². The van der Waals surface area contributed by atoms with Crippen LogP contribution >= 0.6 is 0 Å². The van der Waals surface area contributed by atoms with E-state index in [2.05, 4.69) is 12.1 Å². The van der Waals surface area contributed by atoms with Crippen molar-refractivity contribution < 1.29 is 9.47 Å². The van der Waals surface area contributed by atoms with Gasteiger partial charge < -0.3 is 9.47 Å². The van der Waals surface area contributed by atoms with Gasteiger partial charge in [0.1, 0.15) is 0 Å². The van der Waals surface area contributed by atoms with Crippen molar-refractivity contribution in [1.29, 1.82) is 0 Å². The van der Waals surface area contributed by atoms with Gasteiger partial charge in [0, 0.05) is 0 Å². The maximum atomic E-state index is 5.47. The molecule has 13 heavy (non-hydrogen) atoms. The molecule has 2 aliphatic rings. The van der Waals surface area contributed by atoms with E-state index in [0.29, 0.717) is 0 Å². The lowest BCUT2D eigenvalue weighted by Gasteiger charge is -2.18. The average Bonchev–Trinajstić information content (AvgIpc) is 2.65. The van der Waals surface area contributed by atoms with Gasteiger partial charge in [0.2, 0.25) is 0 Å². The monoisotopic (exact) mass is 176 g/mol. The Balaban J connectivity index is 2.17. The summed E-state index contributed by atoms with van der Waals surface area (Å²) in [6, 6.07) is 4.43. The molecule has 0 saturated heterocycles. The molecule has 2 heteroatoms. The lowest BCUT2D eigenvalue weighted by molar-refractivity contribution is 0.106. The molecule has 68 valence electrons. The number of hydrogen-bond donors (Lipinski definition) is 0. The van der Waals surface area contributed by atoms with Crippen LogP contribution in [-0.2, 0) is 35.7 Å². The van der Waals surface area contributed by atoms with Gasteiger partial charge in [-0.05, 0) is 28.7 Å². The van der Waals surface area contributed by atoms with Crippen molar-refractivity contribution in [2.75, 3.05) is 6.61 Å². The van der Waals surface area contributed by atoms with Gasteiger partial charge in [0.05, 0.1) is 26.4 Å². The predicted octanol–water partition coefficient (Wildman–Crippen LogP) is 1.79. The minimum absolute atomic E-state index is 0.780. The molecule has 0 aromatic heterocycles. The van der Waals surface area contributed by atoms with Gasteiger partial charge in [-0.25, -0.2) is 0 Å². The Morgan fingerprint density at radius 1 is 0.846 bits per heavy atom. The molecule has 0 atom stereocenters. The zero-order chi connectivity index (χ0) is 8.67. The summed E-state index contributed by atoms with van der Waals surface area (Å²) in [5, 5.41) is 0. The number of fused-ring (bicyclic) bond motifs is 3. The lowest BCUT2D eigenvalue weighted by atomic mass is 9.95. The molecule has 0 unspecified atom stereocenters. The first-order chi connectivity index (χ1) is 6.45. The Kier molecular flexibility index (Phi) is 1.64. The second-order valence-corrected chi connectivity index (χ2v) is 3.64. The smallest absolute Gasteiger partial charge is 0.0728 e. The normalized spacial score (nSPS) is 19.7. The summed E-state index contributed by atoms with van der Waals surface area (Å²) in [4.78, 5) is 0. The molecule has 1 aromatic rings. The fraction of sp³-hybridized carbons (Fsp3) is 0.455. The van der Waals surface area contributed by atoms with Gasteiger partial charge >= 0.3 is 0 Å². The average molecular weight is 176 g/mol. The fourth-order valence-electron chi connectivity index (χ4n) is 2.14. The molecule has 0 spiro atoms. The highest BCUT2D eigenvalue weighted by Gasteiger charge is 2.20. The maximum absolute atomic E-state index is 5.47. The van der Waals surface area contributed by atoms with Crippen LogP contribution in [0.25, 0.3) is 0 Å². The van der Waals surface area contributed by atoms with Crippen LogP contribution in [-0.4, -0.2) is 6.61 Å². The molecule has 0 saturated carbocycles. The minimum atomic E-state index is 0.780. The first kappa shape index (κ1) is 7.54. The number of benzene rings is 1. The van der Waals surface area contributed by atoms with Crippen LogP contribution in [0.2, 0.25) is 0 Å². The Labute approximate surface area is 77.5 Å². The SMILES string of the molecule is c1cc2c(c3c1CCOC3)COC2. The Morgan fingerprint density at radius 3 is 2.62 bits per heavy atom. The van der Waals surface area contributed by atoms with Crippen molar-refractivity contribution in [2.24, 2.45) is 0 Å². The molecule has 0 amide bonds. The van der Waals surface area contributed by atoms with Crippen LogP contribution in [0, 0.1) is 0 Å². The van der Waals surface area contributed by atoms with Crippen LogP contribution in [0.1, 0.15) is 22.3 Å². The van der Waals surface area contributed by atoms with Gasteiger partial charge in [0.25, 0.3) is 0 Å². The summed E-state index contributed by atoms with van der Waals surface area (Å²) < 4.78 is 10.9. The van der Waals surface area contributed by atoms with Crippen molar-refractivity contribution in [3.63, 3.8) is 0 Å². The predicted molar refractivity (Wildman–Crippen MR) is 48.3 cm³/mol. The Hall–Kier alpha value is -0.860. The van der Waals surface area contributed by atoms with E-state index < -0.39 is 0 Å². The topological polar surface area (TPSA) is 18.5 Å². The third-order valence-corrected chi connectivity index (χ3v) is 2.89.